The van der Waals surface area contributed by atoms with Crippen LogP contribution in [0.25, 0.3) is 0 Å². The van der Waals surface area contributed by atoms with E-state index in [-0.39, 0.29) is 5.25 Å². The van der Waals surface area contributed by atoms with Gasteiger partial charge in [-0.25, -0.2) is 0 Å². The first-order chi connectivity index (χ1) is 6.10. The molecule has 0 radical (unpaired) electrons. The summed E-state index contributed by atoms with van der Waals surface area (Å²) in [4.78, 5) is -0.521. The van der Waals surface area contributed by atoms with Crippen LogP contribution in [0.4, 0.5) is 0 Å². The number of aliphatic hydroxyl groups excluding tert-OH is 1. The minimum Gasteiger partial charge on any atom is -0.392 e. The van der Waals surface area contributed by atoms with Crippen LogP contribution in [0, 0.1) is 0 Å². The van der Waals surface area contributed by atoms with Gasteiger partial charge in [0.05, 0.1) is 16.2 Å². The monoisotopic (exact) mass is 218 g/mol. The molecule has 1 rings (SSSR count). The molecule has 3 heteroatoms. The van der Waals surface area contributed by atoms with Crippen molar-refractivity contribution in [3.8, 4) is 0 Å². The second kappa shape index (κ2) is 4.54. The summed E-state index contributed by atoms with van der Waals surface area (Å²) in [5, 5.41) is 9.42. The maximum atomic E-state index is 9.63. The van der Waals surface area contributed by atoms with Gasteiger partial charge in [-0.15, -0.1) is 11.6 Å². The highest BCUT2D eigenvalue weighted by Crippen LogP contribution is 2.34. The Kier molecular flexibility index (Phi) is 3.89. The summed E-state index contributed by atoms with van der Waals surface area (Å²) in [5.74, 6) is 0. The Labute approximate surface area is 89.9 Å². The van der Waals surface area contributed by atoms with Crippen LogP contribution >= 0.6 is 24.2 Å². The van der Waals surface area contributed by atoms with Crippen molar-refractivity contribution < 1.29 is 5.11 Å². The van der Waals surface area contributed by atoms with Crippen molar-refractivity contribution in [1.82, 2.24) is 0 Å². The van der Waals surface area contributed by atoms with E-state index in [1.165, 1.54) is 0 Å². The molecule has 0 saturated carbocycles. The molecule has 0 saturated heterocycles. The molecule has 3 atom stereocenters. The average molecular weight is 219 g/mol. The number of allylic oxidation sites excluding steroid dienone is 4. The van der Waals surface area contributed by atoms with Gasteiger partial charge in [0.1, 0.15) is 0 Å². The van der Waals surface area contributed by atoms with E-state index in [1.54, 1.807) is 0 Å². The van der Waals surface area contributed by atoms with E-state index in [9.17, 15) is 5.11 Å². The average Bonchev–Trinajstić information content (AvgIpc) is 2.16. The van der Waals surface area contributed by atoms with Crippen molar-refractivity contribution in [1.29, 1.82) is 0 Å². The lowest BCUT2D eigenvalue weighted by Gasteiger charge is -2.32. The van der Waals surface area contributed by atoms with Crippen LogP contribution in [-0.4, -0.2) is 21.3 Å². The van der Waals surface area contributed by atoms with Crippen molar-refractivity contribution in [2.45, 2.75) is 36.0 Å². The first-order valence-corrected chi connectivity index (χ1v) is 5.39. The van der Waals surface area contributed by atoms with Crippen molar-refractivity contribution in [2.75, 3.05) is 0 Å². The van der Waals surface area contributed by atoms with Gasteiger partial charge in [0, 0.05) is 0 Å². The van der Waals surface area contributed by atoms with Gasteiger partial charge >= 0.3 is 0 Å². The molecule has 0 bridgehead atoms. The molecular weight excluding hydrogens is 204 g/mol. The zero-order valence-corrected chi connectivity index (χ0v) is 9.30. The molecule has 1 nitrogen and oxygen atoms in total. The zero-order chi connectivity index (χ0) is 9.90. The summed E-state index contributed by atoms with van der Waals surface area (Å²) in [6, 6.07) is 0. The first kappa shape index (κ1) is 11.2. The maximum absolute atomic E-state index is 9.63. The van der Waals surface area contributed by atoms with Gasteiger partial charge < -0.3 is 5.11 Å². The summed E-state index contributed by atoms with van der Waals surface area (Å²) in [6.07, 6.45) is 8.74. The number of aliphatic hydroxyl groups is 1. The van der Waals surface area contributed by atoms with Gasteiger partial charge in [0.15, 0.2) is 0 Å². The van der Waals surface area contributed by atoms with Gasteiger partial charge in [-0.1, -0.05) is 31.2 Å². The van der Waals surface area contributed by atoms with Crippen LogP contribution in [0.3, 0.4) is 0 Å². The smallest absolute Gasteiger partial charge is 0.0804 e. The van der Waals surface area contributed by atoms with E-state index in [2.05, 4.69) is 12.6 Å². The Morgan fingerprint density at radius 1 is 1.62 bits per heavy atom. The molecule has 0 aromatic rings. The predicted octanol–water partition coefficient (Wildman–Crippen LogP) is 2.55. The molecule has 0 aromatic heterocycles. The number of halogens is 1. The zero-order valence-electron chi connectivity index (χ0n) is 7.65. The van der Waals surface area contributed by atoms with Crippen LogP contribution in [0.5, 0.6) is 0 Å². The SMILES string of the molecule is CCC(O)C(S)C1(Cl)C=CC=CC1. The van der Waals surface area contributed by atoms with Gasteiger partial charge in [-0.3, -0.25) is 0 Å². The van der Waals surface area contributed by atoms with E-state index >= 15 is 0 Å². The topological polar surface area (TPSA) is 20.2 Å². The molecule has 13 heavy (non-hydrogen) atoms. The normalized spacial score (nSPS) is 31.7. The molecule has 74 valence electrons. The number of hydrogen-bond acceptors (Lipinski definition) is 2. The summed E-state index contributed by atoms with van der Waals surface area (Å²) in [7, 11) is 0. The maximum Gasteiger partial charge on any atom is 0.0804 e. The molecule has 0 heterocycles. The van der Waals surface area contributed by atoms with Crippen LogP contribution < -0.4 is 0 Å². The third kappa shape index (κ3) is 2.52. The lowest BCUT2D eigenvalue weighted by molar-refractivity contribution is 0.158. The summed E-state index contributed by atoms with van der Waals surface area (Å²) < 4.78 is 0. The van der Waals surface area contributed by atoms with E-state index in [4.69, 9.17) is 11.6 Å². The fraction of sp³-hybridized carbons (Fsp3) is 0.600. The Balaban J connectivity index is 2.69. The molecular formula is C10H15ClOS. The van der Waals surface area contributed by atoms with Crippen molar-refractivity contribution in [3.05, 3.63) is 24.3 Å². The third-order valence-electron chi connectivity index (χ3n) is 2.33. The minimum atomic E-state index is -0.521. The number of rotatable bonds is 3. The highest BCUT2D eigenvalue weighted by molar-refractivity contribution is 7.81. The van der Waals surface area contributed by atoms with Crippen molar-refractivity contribution in [2.24, 2.45) is 0 Å². The van der Waals surface area contributed by atoms with Crippen LogP contribution in [-0.2, 0) is 0 Å². The standard InChI is InChI=1S/C10H15ClOS/c1-2-8(12)9(13)10(11)6-4-3-5-7-10/h3-6,8-9,12-13H,2,7H2,1H3. The molecule has 0 amide bonds. The second-order valence-electron chi connectivity index (χ2n) is 3.34. The Hall–Kier alpha value is 0.0800. The fourth-order valence-electron chi connectivity index (χ4n) is 1.37. The molecule has 1 N–H and O–H groups in total. The highest BCUT2D eigenvalue weighted by atomic mass is 35.5. The van der Waals surface area contributed by atoms with E-state index in [0.717, 1.165) is 6.42 Å². The van der Waals surface area contributed by atoms with Crippen LogP contribution in [0.15, 0.2) is 24.3 Å². The van der Waals surface area contributed by atoms with E-state index in [1.807, 2.05) is 31.2 Å². The molecule has 0 aliphatic heterocycles. The summed E-state index contributed by atoms with van der Waals surface area (Å²) >= 11 is 10.7. The fourth-order valence-corrected chi connectivity index (χ4v) is 2.08. The van der Waals surface area contributed by atoms with Crippen LogP contribution in [0.1, 0.15) is 19.8 Å². The van der Waals surface area contributed by atoms with Gasteiger partial charge in [-0.05, 0) is 12.8 Å². The van der Waals surface area contributed by atoms with Gasteiger partial charge in [0.2, 0.25) is 0 Å². The number of hydrogen-bond donors (Lipinski definition) is 2. The Morgan fingerprint density at radius 3 is 2.77 bits per heavy atom. The van der Waals surface area contributed by atoms with E-state index in [0.29, 0.717) is 6.42 Å². The predicted molar refractivity (Wildman–Crippen MR) is 60.6 cm³/mol. The molecule has 0 spiro atoms. The van der Waals surface area contributed by atoms with Gasteiger partial charge in [0.25, 0.3) is 0 Å². The lowest BCUT2D eigenvalue weighted by Crippen LogP contribution is -2.39. The largest absolute Gasteiger partial charge is 0.392 e. The van der Waals surface area contributed by atoms with Crippen LogP contribution in [0.2, 0.25) is 0 Å². The number of alkyl halides is 1. The van der Waals surface area contributed by atoms with Crippen molar-refractivity contribution in [3.63, 3.8) is 0 Å². The molecule has 0 aromatic carbocycles. The number of thiol groups is 1. The minimum absolute atomic E-state index is 0.208. The van der Waals surface area contributed by atoms with Crippen molar-refractivity contribution >= 4 is 24.2 Å². The second-order valence-corrected chi connectivity index (χ2v) is 4.60. The van der Waals surface area contributed by atoms with E-state index < -0.39 is 11.0 Å². The molecule has 1 aliphatic carbocycles. The lowest BCUT2D eigenvalue weighted by atomic mass is 9.92. The Bertz CT molecular complexity index is 227. The Morgan fingerprint density at radius 2 is 2.31 bits per heavy atom. The highest BCUT2D eigenvalue weighted by Gasteiger charge is 2.35. The summed E-state index contributed by atoms with van der Waals surface area (Å²) in [5.41, 5.74) is 0. The molecule has 3 unspecified atom stereocenters. The van der Waals surface area contributed by atoms with Gasteiger partial charge in [-0.2, -0.15) is 12.6 Å². The molecule has 0 fully saturated rings. The first-order valence-electron chi connectivity index (χ1n) is 4.49. The molecule has 1 aliphatic rings. The third-order valence-corrected chi connectivity index (χ3v) is 3.80. The summed E-state index contributed by atoms with van der Waals surface area (Å²) in [6.45, 7) is 1.93. The quantitative estimate of drug-likeness (QED) is 0.551.